The molecule has 1 amide bonds. The van der Waals surface area contributed by atoms with Gasteiger partial charge < -0.3 is 19.5 Å². The molecule has 0 spiro atoms. The minimum Gasteiger partial charge on any atom is -0.493 e. The molecule has 1 aromatic rings. The molecule has 0 saturated heterocycles. The second kappa shape index (κ2) is 9.22. The number of amides is 1. The van der Waals surface area contributed by atoms with Gasteiger partial charge in [-0.1, -0.05) is 6.07 Å². The Labute approximate surface area is 113 Å². The van der Waals surface area contributed by atoms with Crippen molar-refractivity contribution in [3.05, 3.63) is 23.8 Å². The van der Waals surface area contributed by atoms with E-state index in [1.54, 1.807) is 14.2 Å². The summed E-state index contributed by atoms with van der Waals surface area (Å²) in [6.45, 7) is 1.87. The Morgan fingerprint density at radius 2 is 2.05 bits per heavy atom. The summed E-state index contributed by atoms with van der Waals surface area (Å²) in [4.78, 5) is 10.2. The van der Waals surface area contributed by atoms with Gasteiger partial charge in [0.15, 0.2) is 11.5 Å². The van der Waals surface area contributed by atoms with E-state index in [2.05, 4.69) is 5.32 Å². The van der Waals surface area contributed by atoms with Gasteiger partial charge in [-0.2, -0.15) is 0 Å². The van der Waals surface area contributed by atoms with Crippen LogP contribution in [0.15, 0.2) is 18.2 Å². The van der Waals surface area contributed by atoms with Crippen molar-refractivity contribution in [2.75, 3.05) is 34.0 Å². The molecule has 0 heterocycles. The van der Waals surface area contributed by atoms with Gasteiger partial charge >= 0.3 is 0 Å². The number of nitrogens with one attached hydrogen (secondary N) is 1. The SMILES string of the molecule is COCCCOc1cc(CCNC=O)ccc1OC. The number of ether oxygens (including phenoxy) is 3. The normalized spacial score (nSPS) is 10.0. The highest BCUT2D eigenvalue weighted by atomic mass is 16.5. The molecule has 0 aliphatic rings. The maximum Gasteiger partial charge on any atom is 0.207 e. The highest BCUT2D eigenvalue weighted by molar-refractivity contribution is 5.46. The fourth-order valence-electron chi connectivity index (χ4n) is 1.65. The Bertz CT molecular complexity index is 382. The van der Waals surface area contributed by atoms with Crippen molar-refractivity contribution in [2.24, 2.45) is 0 Å². The number of hydrogen-bond donors (Lipinski definition) is 1. The molecule has 0 aliphatic carbocycles. The molecule has 5 heteroatoms. The molecule has 0 atom stereocenters. The van der Waals surface area contributed by atoms with Crippen LogP contribution in [0, 0.1) is 0 Å². The summed E-state index contributed by atoms with van der Waals surface area (Å²) in [6.07, 6.45) is 2.29. The minimum atomic E-state index is 0.584. The molecule has 0 radical (unpaired) electrons. The largest absolute Gasteiger partial charge is 0.493 e. The van der Waals surface area contributed by atoms with Crippen LogP contribution >= 0.6 is 0 Å². The lowest BCUT2D eigenvalue weighted by molar-refractivity contribution is -0.109. The Kier molecular flexibility index (Phi) is 7.43. The molecular weight excluding hydrogens is 246 g/mol. The summed E-state index contributed by atoms with van der Waals surface area (Å²) in [6, 6.07) is 5.79. The van der Waals surface area contributed by atoms with Gasteiger partial charge in [-0.25, -0.2) is 0 Å². The van der Waals surface area contributed by atoms with Crippen molar-refractivity contribution in [3.63, 3.8) is 0 Å². The van der Waals surface area contributed by atoms with Gasteiger partial charge in [0.05, 0.1) is 13.7 Å². The van der Waals surface area contributed by atoms with Crippen LogP contribution in [-0.4, -0.2) is 40.4 Å². The van der Waals surface area contributed by atoms with Crippen molar-refractivity contribution in [1.82, 2.24) is 5.32 Å². The van der Waals surface area contributed by atoms with E-state index in [1.165, 1.54) is 0 Å². The van der Waals surface area contributed by atoms with Gasteiger partial charge in [0, 0.05) is 26.7 Å². The van der Waals surface area contributed by atoms with Crippen LogP contribution in [0.2, 0.25) is 0 Å². The zero-order chi connectivity index (χ0) is 13.9. The maximum atomic E-state index is 10.2. The van der Waals surface area contributed by atoms with Crippen molar-refractivity contribution < 1.29 is 19.0 Å². The summed E-state index contributed by atoms with van der Waals surface area (Å²) >= 11 is 0. The summed E-state index contributed by atoms with van der Waals surface area (Å²) < 4.78 is 15.9. The van der Waals surface area contributed by atoms with Crippen molar-refractivity contribution in [2.45, 2.75) is 12.8 Å². The summed E-state index contributed by atoms with van der Waals surface area (Å²) in [5.41, 5.74) is 1.09. The van der Waals surface area contributed by atoms with Crippen LogP contribution in [0.3, 0.4) is 0 Å². The zero-order valence-electron chi connectivity index (χ0n) is 11.5. The fourth-order valence-corrected chi connectivity index (χ4v) is 1.65. The van der Waals surface area contributed by atoms with Crippen LogP contribution in [-0.2, 0) is 16.0 Å². The molecule has 0 unspecified atom stereocenters. The number of hydrogen-bond acceptors (Lipinski definition) is 4. The standard InChI is InChI=1S/C14H21NO4/c1-17-8-3-9-19-14-10-12(6-7-15-11-16)4-5-13(14)18-2/h4-5,10-11H,3,6-9H2,1-2H3,(H,15,16). The lowest BCUT2D eigenvalue weighted by Crippen LogP contribution is -2.14. The van der Waals surface area contributed by atoms with Crippen LogP contribution < -0.4 is 14.8 Å². The number of carbonyl (C=O) groups is 1. The smallest absolute Gasteiger partial charge is 0.207 e. The predicted octanol–water partition coefficient (Wildman–Crippen LogP) is 1.40. The van der Waals surface area contributed by atoms with E-state index in [1.807, 2.05) is 18.2 Å². The third-order valence-corrected chi connectivity index (χ3v) is 2.62. The minimum absolute atomic E-state index is 0.584. The van der Waals surface area contributed by atoms with Crippen LogP contribution in [0.25, 0.3) is 0 Å². The number of carbonyl (C=O) groups excluding carboxylic acids is 1. The molecule has 1 rings (SSSR count). The fraction of sp³-hybridized carbons (Fsp3) is 0.500. The van der Waals surface area contributed by atoms with Gasteiger partial charge in [-0.3, -0.25) is 4.79 Å². The second-order valence-electron chi connectivity index (χ2n) is 4.00. The first-order valence-corrected chi connectivity index (χ1v) is 6.27. The van der Waals surface area contributed by atoms with E-state index in [9.17, 15) is 4.79 Å². The lowest BCUT2D eigenvalue weighted by atomic mass is 10.1. The zero-order valence-corrected chi connectivity index (χ0v) is 11.5. The highest BCUT2D eigenvalue weighted by Crippen LogP contribution is 2.28. The molecule has 0 fully saturated rings. The second-order valence-corrected chi connectivity index (χ2v) is 4.00. The average molecular weight is 267 g/mol. The molecule has 1 aromatic carbocycles. The average Bonchev–Trinajstić information content (AvgIpc) is 2.44. The van der Waals surface area contributed by atoms with Crippen molar-refractivity contribution in [3.8, 4) is 11.5 Å². The molecule has 5 nitrogen and oxygen atoms in total. The van der Waals surface area contributed by atoms with Gasteiger partial charge in [0.25, 0.3) is 0 Å². The van der Waals surface area contributed by atoms with Crippen LogP contribution in [0.1, 0.15) is 12.0 Å². The summed E-state index contributed by atoms with van der Waals surface area (Å²) in [5, 5.41) is 2.64. The molecular formula is C14H21NO4. The van der Waals surface area contributed by atoms with E-state index in [0.29, 0.717) is 31.9 Å². The van der Waals surface area contributed by atoms with E-state index >= 15 is 0 Å². The molecule has 1 N–H and O–H groups in total. The highest BCUT2D eigenvalue weighted by Gasteiger charge is 2.05. The molecule has 0 aromatic heterocycles. The number of methoxy groups -OCH3 is 2. The first-order valence-electron chi connectivity index (χ1n) is 6.27. The Morgan fingerprint density at radius 1 is 1.21 bits per heavy atom. The third-order valence-electron chi connectivity index (χ3n) is 2.62. The third kappa shape index (κ3) is 5.61. The first kappa shape index (κ1) is 15.3. The molecule has 106 valence electrons. The predicted molar refractivity (Wildman–Crippen MR) is 72.8 cm³/mol. The molecule has 0 saturated carbocycles. The van der Waals surface area contributed by atoms with Gasteiger partial charge in [0.2, 0.25) is 6.41 Å². The van der Waals surface area contributed by atoms with E-state index < -0.39 is 0 Å². The van der Waals surface area contributed by atoms with E-state index in [4.69, 9.17) is 14.2 Å². The Balaban J connectivity index is 2.58. The molecule has 0 bridgehead atoms. The maximum absolute atomic E-state index is 10.2. The molecule has 19 heavy (non-hydrogen) atoms. The van der Waals surface area contributed by atoms with E-state index in [0.717, 1.165) is 24.2 Å². The number of benzene rings is 1. The quantitative estimate of drug-likeness (QED) is 0.514. The Morgan fingerprint density at radius 3 is 2.74 bits per heavy atom. The van der Waals surface area contributed by atoms with Crippen molar-refractivity contribution in [1.29, 1.82) is 0 Å². The lowest BCUT2D eigenvalue weighted by Gasteiger charge is -2.12. The van der Waals surface area contributed by atoms with Crippen LogP contribution in [0.5, 0.6) is 11.5 Å². The Hall–Kier alpha value is -1.75. The molecule has 0 aliphatic heterocycles. The van der Waals surface area contributed by atoms with Gasteiger partial charge in [-0.15, -0.1) is 0 Å². The summed E-state index contributed by atoms with van der Waals surface area (Å²) in [7, 11) is 3.28. The topological polar surface area (TPSA) is 56.8 Å². The monoisotopic (exact) mass is 267 g/mol. The number of rotatable bonds is 10. The van der Waals surface area contributed by atoms with Gasteiger partial charge in [0.1, 0.15) is 0 Å². The van der Waals surface area contributed by atoms with Crippen LogP contribution in [0.4, 0.5) is 0 Å². The van der Waals surface area contributed by atoms with Crippen molar-refractivity contribution >= 4 is 6.41 Å². The summed E-state index contributed by atoms with van der Waals surface area (Å²) in [5.74, 6) is 1.44. The van der Waals surface area contributed by atoms with Gasteiger partial charge in [-0.05, 0) is 24.1 Å². The first-order chi connectivity index (χ1) is 9.31. The van der Waals surface area contributed by atoms with E-state index in [-0.39, 0.29) is 0 Å².